The fraction of sp³-hybridized carbons (Fsp3) is 0.161. The molecule has 3 aromatic carbocycles. The van der Waals surface area contributed by atoms with E-state index < -0.39 is 0 Å². The lowest BCUT2D eigenvalue weighted by Crippen LogP contribution is -2.19. The molecule has 0 saturated carbocycles. The molecule has 1 aliphatic heterocycles. The first-order valence-corrected chi connectivity index (χ1v) is 12.4. The molecule has 5 nitrogen and oxygen atoms in total. The third-order valence-electron chi connectivity index (χ3n) is 6.90. The Kier molecular flexibility index (Phi) is 5.74. The van der Waals surface area contributed by atoms with Crippen molar-refractivity contribution < 1.29 is 4.74 Å². The maximum Gasteiger partial charge on any atom is 0.149 e. The van der Waals surface area contributed by atoms with Crippen molar-refractivity contribution >= 4 is 39.4 Å². The molecule has 0 aliphatic carbocycles. The summed E-state index contributed by atoms with van der Waals surface area (Å²) in [5, 5.41) is 9.58. The first-order chi connectivity index (χ1) is 17.7. The molecule has 2 aromatic heterocycles. The van der Waals surface area contributed by atoms with E-state index in [-0.39, 0.29) is 6.04 Å². The zero-order valence-corrected chi connectivity index (χ0v) is 20.5. The molecule has 0 radical (unpaired) electrons. The minimum atomic E-state index is 0.0791. The molecule has 1 unspecified atom stereocenters. The Morgan fingerprint density at radius 1 is 0.889 bits per heavy atom. The zero-order valence-electron chi connectivity index (χ0n) is 20.5. The number of methoxy groups -OCH3 is 1. The summed E-state index contributed by atoms with van der Waals surface area (Å²) in [4.78, 5) is 4.56. The highest BCUT2D eigenvalue weighted by Crippen LogP contribution is 2.35. The van der Waals surface area contributed by atoms with Crippen molar-refractivity contribution in [2.75, 3.05) is 12.1 Å². The zero-order chi connectivity index (χ0) is 24.5. The highest BCUT2D eigenvalue weighted by atomic mass is 16.5. The first kappa shape index (κ1) is 22.1. The van der Waals surface area contributed by atoms with E-state index in [1.165, 1.54) is 32.9 Å². The standard InChI is InChI=1S/C31H28N4O/c1-3-34-28-9-5-4-8-26(28)27-20-22(12-18-29(27)34)11-15-24-21-30(23-13-16-25(36-2)17-14-23)35(33-24)31-10-6-7-19-32-31/h4-20,30H,3,21H2,1-2H3. The second-order valence-electron chi connectivity index (χ2n) is 8.99. The molecule has 0 fully saturated rings. The van der Waals surface area contributed by atoms with Crippen LogP contribution in [0.15, 0.2) is 102 Å². The van der Waals surface area contributed by atoms with E-state index in [1.54, 1.807) is 7.11 Å². The fourth-order valence-electron chi connectivity index (χ4n) is 5.13. The smallest absolute Gasteiger partial charge is 0.149 e. The predicted molar refractivity (Wildman–Crippen MR) is 149 cm³/mol. The number of hydrogen-bond acceptors (Lipinski definition) is 4. The van der Waals surface area contributed by atoms with Gasteiger partial charge in [-0.25, -0.2) is 9.99 Å². The lowest BCUT2D eigenvalue weighted by molar-refractivity contribution is 0.414. The number of fused-ring (bicyclic) bond motifs is 3. The van der Waals surface area contributed by atoms with Gasteiger partial charge in [-0.05, 0) is 66.6 Å². The number of allylic oxidation sites excluding steroid dienone is 1. The molecule has 36 heavy (non-hydrogen) atoms. The van der Waals surface area contributed by atoms with Crippen LogP contribution in [-0.2, 0) is 6.54 Å². The van der Waals surface area contributed by atoms with E-state index in [1.807, 2.05) is 41.5 Å². The monoisotopic (exact) mass is 472 g/mol. The van der Waals surface area contributed by atoms with Gasteiger partial charge in [-0.3, -0.25) is 0 Å². The summed E-state index contributed by atoms with van der Waals surface area (Å²) in [6, 6.07) is 29.6. The van der Waals surface area contributed by atoms with Crippen molar-refractivity contribution in [3.05, 3.63) is 108 Å². The van der Waals surface area contributed by atoms with Crippen LogP contribution in [-0.4, -0.2) is 22.4 Å². The number of ether oxygens (including phenoxy) is 1. The van der Waals surface area contributed by atoms with Crippen molar-refractivity contribution in [2.45, 2.75) is 25.9 Å². The highest BCUT2D eigenvalue weighted by molar-refractivity contribution is 6.09. The van der Waals surface area contributed by atoms with Gasteiger partial charge in [0.05, 0.1) is 18.9 Å². The number of nitrogens with zero attached hydrogens (tertiary/aromatic N) is 4. The number of hydrogen-bond donors (Lipinski definition) is 0. The minimum absolute atomic E-state index is 0.0791. The largest absolute Gasteiger partial charge is 0.497 e. The van der Waals surface area contributed by atoms with Crippen LogP contribution in [0.1, 0.15) is 30.5 Å². The maximum absolute atomic E-state index is 5.35. The first-order valence-electron chi connectivity index (χ1n) is 12.4. The topological polar surface area (TPSA) is 42.7 Å². The fourth-order valence-corrected chi connectivity index (χ4v) is 5.13. The predicted octanol–water partition coefficient (Wildman–Crippen LogP) is 7.24. The molecule has 1 atom stereocenters. The summed E-state index contributed by atoms with van der Waals surface area (Å²) in [7, 11) is 1.69. The molecule has 1 aliphatic rings. The quantitative estimate of drug-likeness (QED) is 0.262. The van der Waals surface area contributed by atoms with Crippen LogP contribution in [0.25, 0.3) is 27.9 Å². The summed E-state index contributed by atoms with van der Waals surface area (Å²) in [5.41, 5.74) is 5.93. The number of rotatable bonds is 6. The van der Waals surface area contributed by atoms with Crippen LogP contribution < -0.4 is 9.75 Å². The van der Waals surface area contributed by atoms with Gasteiger partial charge in [0.1, 0.15) is 11.6 Å². The van der Waals surface area contributed by atoms with E-state index in [2.05, 4.69) is 83.2 Å². The van der Waals surface area contributed by atoms with Crippen molar-refractivity contribution in [3.8, 4) is 5.75 Å². The lowest BCUT2D eigenvalue weighted by Gasteiger charge is -2.23. The third kappa shape index (κ3) is 3.93. The number of aromatic nitrogens is 2. The average molecular weight is 473 g/mol. The number of pyridine rings is 1. The summed E-state index contributed by atoms with van der Waals surface area (Å²) in [5.74, 6) is 1.69. The van der Waals surface area contributed by atoms with Crippen molar-refractivity contribution in [3.63, 3.8) is 0 Å². The molecule has 5 aromatic rings. The molecular formula is C31H28N4O. The van der Waals surface area contributed by atoms with E-state index in [0.717, 1.165) is 30.2 Å². The van der Waals surface area contributed by atoms with Gasteiger partial charge in [0.25, 0.3) is 0 Å². The van der Waals surface area contributed by atoms with Crippen LogP contribution in [0.4, 0.5) is 5.82 Å². The van der Waals surface area contributed by atoms with Crippen LogP contribution in [0.5, 0.6) is 5.75 Å². The molecule has 0 N–H and O–H groups in total. The van der Waals surface area contributed by atoms with Gasteiger partial charge >= 0.3 is 0 Å². The summed E-state index contributed by atoms with van der Waals surface area (Å²) in [6.07, 6.45) is 6.92. The van der Waals surface area contributed by atoms with Gasteiger partial charge < -0.3 is 9.30 Å². The molecule has 0 spiro atoms. The molecule has 6 rings (SSSR count). The summed E-state index contributed by atoms with van der Waals surface area (Å²) in [6.45, 7) is 3.15. The Bertz CT molecular complexity index is 1580. The SMILES string of the molecule is CCn1c2ccccc2c2cc(C=CC3=NN(c4ccccn4)C(c4ccc(OC)cc4)C3)ccc21. The van der Waals surface area contributed by atoms with Gasteiger partial charge in [-0.2, -0.15) is 5.10 Å². The van der Waals surface area contributed by atoms with E-state index in [9.17, 15) is 0 Å². The van der Waals surface area contributed by atoms with Crippen LogP contribution in [0.2, 0.25) is 0 Å². The van der Waals surface area contributed by atoms with E-state index in [0.29, 0.717) is 0 Å². The Morgan fingerprint density at radius 2 is 1.69 bits per heavy atom. The van der Waals surface area contributed by atoms with Gasteiger partial charge in [-0.1, -0.05) is 48.5 Å². The molecule has 0 saturated heterocycles. The van der Waals surface area contributed by atoms with Crippen LogP contribution in [0.3, 0.4) is 0 Å². The molecule has 178 valence electrons. The second-order valence-corrected chi connectivity index (χ2v) is 8.99. The average Bonchev–Trinajstić information content (AvgIpc) is 3.51. The number of hydrazone groups is 1. The number of benzene rings is 3. The van der Waals surface area contributed by atoms with E-state index >= 15 is 0 Å². The number of aryl methyl sites for hydroxylation is 1. The number of anilines is 1. The lowest BCUT2D eigenvalue weighted by atomic mass is 10.0. The Hall–Kier alpha value is -4.38. The van der Waals surface area contributed by atoms with E-state index in [4.69, 9.17) is 9.84 Å². The minimum Gasteiger partial charge on any atom is -0.497 e. The van der Waals surface area contributed by atoms with Crippen molar-refractivity contribution in [1.82, 2.24) is 9.55 Å². The molecule has 0 bridgehead atoms. The third-order valence-corrected chi connectivity index (χ3v) is 6.90. The van der Waals surface area contributed by atoms with Gasteiger partial charge in [-0.15, -0.1) is 0 Å². The van der Waals surface area contributed by atoms with Crippen LogP contribution >= 0.6 is 0 Å². The second kappa shape index (κ2) is 9.34. The summed E-state index contributed by atoms with van der Waals surface area (Å²) < 4.78 is 7.73. The molecule has 5 heteroatoms. The van der Waals surface area contributed by atoms with Gasteiger partial charge in [0.2, 0.25) is 0 Å². The Morgan fingerprint density at radius 3 is 2.47 bits per heavy atom. The van der Waals surface area contributed by atoms with Crippen molar-refractivity contribution in [1.29, 1.82) is 0 Å². The van der Waals surface area contributed by atoms with Gasteiger partial charge in [0, 0.05) is 41.0 Å². The van der Waals surface area contributed by atoms with Crippen LogP contribution in [0, 0.1) is 0 Å². The van der Waals surface area contributed by atoms with Gasteiger partial charge in [0.15, 0.2) is 0 Å². The molecular weight excluding hydrogens is 444 g/mol. The highest BCUT2D eigenvalue weighted by Gasteiger charge is 2.29. The summed E-state index contributed by atoms with van der Waals surface area (Å²) >= 11 is 0. The number of para-hydroxylation sites is 1. The normalized spacial score (nSPS) is 15.8. The Labute approximate surface area is 211 Å². The molecule has 3 heterocycles. The molecule has 0 amide bonds. The maximum atomic E-state index is 5.35. The Balaban J connectivity index is 1.33. The van der Waals surface area contributed by atoms with Crippen molar-refractivity contribution in [2.24, 2.45) is 5.10 Å².